The highest BCUT2D eigenvalue weighted by molar-refractivity contribution is 5.53. The standard InChI is InChI=1S/C10H5F4NO/c11-9-6-8(16-10(12,13)14)4-3-7(9)2-1-5-15/h1-4,6H. The number of hydrogen-bond acceptors (Lipinski definition) is 2. The maximum Gasteiger partial charge on any atom is 0.573 e. The Bertz CT molecular complexity index is 445. The summed E-state index contributed by atoms with van der Waals surface area (Å²) < 4.78 is 52.0. The lowest BCUT2D eigenvalue weighted by Crippen LogP contribution is -2.17. The Morgan fingerprint density at radius 3 is 2.50 bits per heavy atom. The van der Waals surface area contributed by atoms with Crippen LogP contribution in [-0.4, -0.2) is 6.36 Å². The summed E-state index contributed by atoms with van der Waals surface area (Å²) in [6.45, 7) is 0. The van der Waals surface area contributed by atoms with Gasteiger partial charge in [0.1, 0.15) is 11.6 Å². The molecule has 0 aliphatic heterocycles. The molecule has 0 heterocycles. The van der Waals surface area contributed by atoms with E-state index in [1.54, 1.807) is 6.07 Å². The average Bonchev–Trinajstić information content (AvgIpc) is 2.14. The van der Waals surface area contributed by atoms with E-state index in [0.29, 0.717) is 6.07 Å². The van der Waals surface area contributed by atoms with Crippen LogP contribution in [-0.2, 0) is 0 Å². The molecule has 0 aliphatic carbocycles. The Kier molecular flexibility index (Phi) is 3.51. The first kappa shape index (κ1) is 12.0. The van der Waals surface area contributed by atoms with E-state index in [4.69, 9.17) is 5.26 Å². The van der Waals surface area contributed by atoms with Gasteiger partial charge in [0.2, 0.25) is 0 Å². The van der Waals surface area contributed by atoms with Gasteiger partial charge in [-0.1, -0.05) is 0 Å². The molecule has 0 unspecified atom stereocenters. The van der Waals surface area contributed by atoms with Crippen molar-refractivity contribution in [1.29, 1.82) is 5.26 Å². The second-order valence-corrected chi connectivity index (χ2v) is 2.69. The third kappa shape index (κ3) is 3.61. The first-order valence-corrected chi connectivity index (χ1v) is 4.04. The molecular weight excluding hydrogens is 226 g/mol. The van der Waals surface area contributed by atoms with Crippen LogP contribution in [0.25, 0.3) is 6.08 Å². The molecule has 0 saturated heterocycles. The third-order valence-electron chi connectivity index (χ3n) is 1.54. The van der Waals surface area contributed by atoms with Gasteiger partial charge in [0, 0.05) is 17.7 Å². The van der Waals surface area contributed by atoms with Crippen molar-refractivity contribution in [2.45, 2.75) is 6.36 Å². The summed E-state index contributed by atoms with van der Waals surface area (Å²) in [4.78, 5) is 0. The maximum atomic E-state index is 13.1. The molecule has 6 heteroatoms. The Labute approximate surface area is 88.4 Å². The fourth-order valence-electron chi connectivity index (χ4n) is 0.967. The maximum absolute atomic E-state index is 13.1. The Balaban J connectivity index is 2.92. The molecule has 0 radical (unpaired) electrons. The molecule has 0 N–H and O–H groups in total. The number of nitriles is 1. The molecule has 0 aromatic heterocycles. The van der Waals surface area contributed by atoms with E-state index in [1.165, 1.54) is 0 Å². The lowest BCUT2D eigenvalue weighted by molar-refractivity contribution is -0.274. The number of allylic oxidation sites excluding steroid dienone is 1. The normalized spacial score (nSPS) is 11.4. The third-order valence-corrected chi connectivity index (χ3v) is 1.54. The van der Waals surface area contributed by atoms with E-state index in [0.717, 1.165) is 24.3 Å². The molecule has 16 heavy (non-hydrogen) atoms. The highest BCUT2D eigenvalue weighted by Gasteiger charge is 2.31. The zero-order valence-corrected chi connectivity index (χ0v) is 7.75. The van der Waals surface area contributed by atoms with Gasteiger partial charge in [0.15, 0.2) is 0 Å². The van der Waals surface area contributed by atoms with Crippen LogP contribution in [0.3, 0.4) is 0 Å². The van der Waals surface area contributed by atoms with Gasteiger partial charge in [-0.2, -0.15) is 5.26 Å². The van der Waals surface area contributed by atoms with Crippen LogP contribution in [0, 0.1) is 17.1 Å². The molecule has 84 valence electrons. The van der Waals surface area contributed by atoms with Crippen molar-refractivity contribution in [3.05, 3.63) is 35.7 Å². The minimum atomic E-state index is -4.85. The number of rotatable bonds is 2. The van der Waals surface area contributed by atoms with E-state index in [2.05, 4.69) is 4.74 Å². The highest BCUT2D eigenvalue weighted by atomic mass is 19.4. The van der Waals surface area contributed by atoms with E-state index in [1.807, 2.05) is 0 Å². The number of nitrogens with zero attached hydrogens (tertiary/aromatic N) is 1. The van der Waals surface area contributed by atoms with Crippen LogP contribution in [0.2, 0.25) is 0 Å². The van der Waals surface area contributed by atoms with Gasteiger partial charge in [-0.15, -0.1) is 13.2 Å². The highest BCUT2D eigenvalue weighted by Crippen LogP contribution is 2.24. The van der Waals surface area contributed by atoms with Crippen molar-refractivity contribution >= 4 is 6.08 Å². The second kappa shape index (κ2) is 4.66. The summed E-state index contributed by atoms with van der Waals surface area (Å²) in [6, 6.07) is 4.29. The van der Waals surface area contributed by atoms with E-state index in [9.17, 15) is 17.6 Å². The van der Waals surface area contributed by atoms with Crippen molar-refractivity contribution in [1.82, 2.24) is 0 Å². The first-order chi connectivity index (χ1) is 7.42. The van der Waals surface area contributed by atoms with Gasteiger partial charge in [0.05, 0.1) is 6.07 Å². The Hall–Kier alpha value is -2.03. The molecule has 0 fully saturated rings. The van der Waals surface area contributed by atoms with Crippen LogP contribution in [0.5, 0.6) is 5.75 Å². The van der Waals surface area contributed by atoms with Crippen molar-refractivity contribution in [2.75, 3.05) is 0 Å². The van der Waals surface area contributed by atoms with Crippen molar-refractivity contribution < 1.29 is 22.3 Å². The SMILES string of the molecule is N#CC=Cc1ccc(OC(F)(F)F)cc1F. The van der Waals surface area contributed by atoms with Gasteiger partial charge < -0.3 is 4.74 Å². The van der Waals surface area contributed by atoms with Crippen LogP contribution in [0.4, 0.5) is 17.6 Å². The zero-order valence-electron chi connectivity index (χ0n) is 7.75. The summed E-state index contributed by atoms with van der Waals surface area (Å²) in [6.07, 6.45) is -2.69. The van der Waals surface area contributed by atoms with Crippen molar-refractivity contribution in [2.24, 2.45) is 0 Å². The summed E-state index contributed by atoms with van der Waals surface area (Å²) in [5.74, 6) is -1.53. The number of benzene rings is 1. The smallest absolute Gasteiger partial charge is 0.406 e. The predicted octanol–water partition coefficient (Wildman–Crippen LogP) is 3.26. The molecular formula is C10H5F4NO. The average molecular weight is 231 g/mol. The molecule has 0 atom stereocenters. The van der Waals surface area contributed by atoms with Gasteiger partial charge in [-0.25, -0.2) is 4.39 Å². The van der Waals surface area contributed by atoms with Crippen molar-refractivity contribution in [3.63, 3.8) is 0 Å². The topological polar surface area (TPSA) is 33.0 Å². The van der Waals surface area contributed by atoms with Gasteiger partial charge in [-0.05, 0) is 18.2 Å². The predicted molar refractivity (Wildman–Crippen MR) is 47.7 cm³/mol. The number of ether oxygens (including phenoxy) is 1. The minimum Gasteiger partial charge on any atom is -0.406 e. The monoisotopic (exact) mass is 231 g/mol. The molecule has 1 aromatic carbocycles. The van der Waals surface area contributed by atoms with Gasteiger partial charge >= 0.3 is 6.36 Å². The summed E-state index contributed by atoms with van der Waals surface area (Å²) >= 11 is 0. The molecule has 0 bridgehead atoms. The van der Waals surface area contributed by atoms with Crippen LogP contribution >= 0.6 is 0 Å². The molecule has 0 amide bonds. The molecule has 1 rings (SSSR count). The Morgan fingerprint density at radius 1 is 1.31 bits per heavy atom. The largest absolute Gasteiger partial charge is 0.573 e. The summed E-state index contributed by atoms with van der Waals surface area (Å²) in [5, 5.41) is 8.19. The zero-order chi connectivity index (χ0) is 12.2. The van der Waals surface area contributed by atoms with E-state index in [-0.39, 0.29) is 5.56 Å². The minimum absolute atomic E-state index is 0.0103. The molecule has 2 nitrogen and oxygen atoms in total. The quantitative estimate of drug-likeness (QED) is 0.578. The molecule has 0 aliphatic rings. The fourth-order valence-corrected chi connectivity index (χ4v) is 0.967. The number of halogens is 4. The lowest BCUT2D eigenvalue weighted by atomic mass is 10.2. The fraction of sp³-hybridized carbons (Fsp3) is 0.100. The Morgan fingerprint density at radius 2 is 2.00 bits per heavy atom. The summed E-state index contributed by atoms with van der Waals surface area (Å²) in [7, 11) is 0. The molecule has 1 aromatic rings. The van der Waals surface area contributed by atoms with E-state index >= 15 is 0 Å². The number of alkyl halides is 3. The number of hydrogen-bond donors (Lipinski definition) is 0. The lowest BCUT2D eigenvalue weighted by Gasteiger charge is -2.08. The van der Waals surface area contributed by atoms with Gasteiger partial charge in [0.25, 0.3) is 0 Å². The van der Waals surface area contributed by atoms with Gasteiger partial charge in [-0.3, -0.25) is 0 Å². The van der Waals surface area contributed by atoms with Crippen LogP contribution in [0.15, 0.2) is 24.3 Å². The van der Waals surface area contributed by atoms with Crippen LogP contribution in [0.1, 0.15) is 5.56 Å². The molecule has 0 saturated carbocycles. The first-order valence-electron chi connectivity index (χ1n) is 4.04. The van der Waals surface area contributed by atoms with E-state index < -0.39 is 17.9 Å². The molecule has 0 spiro atoms. The van der Waals surface area contributed by atoms with Crippen molar-refractivity contribution in [3.8, 4) is 11.8 Å². The van der Waals surface area contributed by atoms with Crippen LogP contribution < -0.4 is 4.74 Å². The summed E-state index contributed by atoms with van der Waals surface area (Å²) in [5.41, 5.74) is 0.0103. The second-order valence-electron chi connectivity index (χ2n) is 2.69.